The largest absolute Gasteiger partial charge is 0.476 e. The maximum atomic E-state index is 11.6. The van der Waals surface area contributed by atoms with Gasteiger partial charge in [0.2, 0.25) is 0 Å². The Morgan fingerprint density at radius 2 is 2.16 bits per heavy atom. The molecule has 1 atom stereocenters. The van der Waals surface area contributed by atoms with Crippen LogP contribution in [0, 0.1) is 0 Å². The summed E-state index contributed by atoms with van der Waals surface area (Å²) in [7, 11) is -1.24. The summed E-state index contributed by atoms with van der Waals surface area (Å²) in [4.78, 5) is 20.2. The fourth-order valence-corrected chi connectivity index (χ4v) is 3.85. The minimum Gasteiger partial charge on any atom is -0.476 e. The minimum atomic E-state index is -2.99. The lowest BCUT2D eigenvalue weighted by Crippen LogP contribution is -2.42. The summed E-state index contributed by atoms with van der Waals surface area (Å²) in [6, 6.07) is -0.135. The SMILES string of the molecule is CN(c1cnc(C(=O)O)cn1)C1CCCS(=O)(=O)C1. The highest BCUT2D eigenvalue weighted by Gasteiger charge is 2.28. The monoisotopic (exact) mass is 285 g/mol. The molecule has 1 aromatic rings. The van der Waals surface area contributed by atoms with E-state index < -0.39 is 15.8 Å². The van der Waals surface area contributed by atoms with Gasteiger partial charge in [-0.3, -0.25) is 0 Å². The van der Waals surface area contributed by atoms with Crippen molar-refractivity contribution in [3.05, 3.63) is 18.1 Å². The topological polar surface area (TPSA) is 100 Å². The third kappa shape index (κ3) is 3.19. The Labute approximate surface area is 111 Å². The van der Waals surface area contributed by atoms with E-state index in [1.54, 1.807) is 11.9 Å². The molecule has 8 heteroatoms. The normalized spacial score (nSPS) is 21.8. The van der Waals surface area contributed by atoms with Crippen molar-refractivity contribution < 1.29 is 18.3 Å². The molecule has 2 heterocycles. The van der Waals surface area contributed by atoms with Gasteiger partial charge in [0.25, 0.3) is 0 Å². The van der Waals surface area contributed by atoms with Crippen molar-refractivity contribution in [1.82, 2.24) is 9.97 Å². The second-order valence-corrected chi connectivity index (χ2v) is 6.82. The quantitative estimate of drug-likeness (QED) is 0.845. The summed E-state index contributed by atoms with van der Waals surface area (Å²) in [5, 5.41) is 8.74. The van der Waals surface area contributed by atoms with E-state index in [9.17, 15) is 13.2 Å². The zero-order chi connectivity index (χ0) is 14.0. The van der Waals surface area contributed by atoms with Gasteiger partial charge in [0, 0.05) is 13.1 Å². The van der Waals surface area contributed by atoms with E-state index in [-0.39, 0.29) is 23.2 Å². The fourth-order valence-electron chi connectivity index (χ4n) is 2.10. The number of rotatable bonds is 3. The average molecular weight is 285 g/mol. The van der Waals surface area contributed by atoms with Crippen molar-refractivity contribution in [2.24, 2.45) is 0 Å². The van der Waals surface area contributed by atoms with Crippen molar-refractivity contribution in [2.75, 3.05) is 23.5 Å². The highest BCUT2D eigenvalue weighted by Crippen LogP contribution is 2.20. The molecule has 2 rings (SSSR count). The number of carboxylic acids is 1. The van der Waals surface area contributed by atoms with Crippen LogP contribution in [0.25, 0.3) is 0 Å². The molecule has 1 saturated heterocycles. The molecular weight excluding hydrogens is 270 g/mol. The van der Waals surface area contributed by atoms with Crippen molar-refractivity contribution in [1.29, 1.82) is 0 Å². The predicted molar refractivity (Wildman–Crippen MR) is 69.1 cm³/mol. The molecule has 0 spiro atoms. The van der Waals surface area contributed by atoms with E-state index in [0.29, 0.717) is 12.2 Å². The molecule has 1 fully saturated rings. The number of carbonyl (C=O) groups is 1. The molecule has 0 radical (unpaired) electrons. The predicted octanol–water partition coefficient (Wildman–Crippen LogP) is 0.188. The molecule has 0 bridgehead atoms. The third-order valence-electron chi connectivity index (χ3n) is 3.21. The minimum absolute atomic E-state index is 0.103. The standard InChI is InChI=1S/C11H15N3O4S/c1-14(8-3-2-4-19(17,18)7-8)10-6-12-9(5-13-10)11(15)16/h5-6,8H,2-4,7H2,1H3,(H,15,16). The van der Waals surface area contributed by atoms with Crippen LogP contribution in [0.1, 0.15) is 23.3 Å². The molecule has 7 nitrogen and oxygen atoms in total. The molecule has 1 aromatic heterocycles. The highest BCUT2D eigenvalue weighted by atomic mass is 32.2. The number of carboxylic acid groups (broad SMARTS) is 1. The molecule has 1 unspecified atom stereocenters. The van der Waals surface area contributed by atoms with E-state index >= 15 is 0 Å². The molecule has 1 aliphatic heterocycles. The van der Waals surface area contributed by atoms with Gasteiger partial charge in [0.1, 0.15) is 5.82 Å². The molecule has 1 N–H and O–H groups in total. The van der Waals surface area contributed by atoms with E-state index in [2.05, 4.69) is 9.97 Å². The van der Waals surface area contributed by atoms with Gasteiger partial charge in [-0.25, -0.2) is 23.2 Å². The van der Waals surface area contributed by atoms with Gasteiger partial charge in [-0.1, -0.05) is 0 Å². The first-order chi connectivity index (χ1) is 8.89. The molecule has 0 aromatic carbocycles. The van der Waals surface area contributed by atoms with Gasteiger partial charge < -0.3 is 10.0 Å². The lowest BCUT2D eigenvalue weighted by atomic mass is 10.1. The molecule has 0 amide bonds. The van der Waals surface area contributed by atoms with Crippen LogP contribution in [0.3, 0.4) is 0 Å². The maximum Gasteiger partial charge on any atom is 0.356 e. The average Bonchev–Trinajstić information content (AvgIpc) is 2.37. The van der Waals surface area contributed by atoms with Crippen molar-refractivity contribution in [2.45, 2.75) is 18.9 Å². The molecule has 19 heavy (non-hydrogen) atoms. The van der Waals surface area contributed by atoms with E-state index in [1.165, 1.54) is 12.4 Å². The highest BCUT2D eigenvalue weighted by molar-refractivity contribution is 7.91. The Kier molecular flexibility index (Phi) is 3.70. The number of sulfone groups is 1. The van der Waals surface area contributed by atoms with E-state index in [4.69, 9.17) is 5.11 Å². The van der Waals surface area contributed by atoms with Gasteiger partial charge in [0.15, 0.2) is 15.5 Å². The summed E-state index contributed by atoms with van der Waals surface area (Å²) >= 11 is 0. The fraction of sp³-hybridized carbons (Fsp3) is 0.545. The number of aromatic nitrogens is 2. The molecule has 104 valence electrons. The molecule has 0 aliphatic carbocycles. The summed E-state index contributed by atoms with van der Waals surface area (Å²) < 4.78 is 23.2. The number of nitrogens with zero attached hydrogens (tertiary/aromatic N) is 3. The summed E-state index contributed by atoms with van der Waals surface area (Å²) in [5.74, 6) is -0.318. The van der Waals surface area contributed by atoms with Crippen LogP contribution in [-0.2, 0) is 9.84 Å². The van der Waals surface area contributed by atoms with Gasteiger partial charge in [0.05, 0.1) is 23.9 Å². The summed E-state index contributed by atoms with van der Waals surface area (Å²) in [6.45, 7) is 0. The van der Waals surface area contributed by atoms with Crippen molar-refractivity contribution in [3.8, 4) is 0 Å². The van der Waals surface area contributed by atoms with Crippen LogP contribution in [0.4, 0.5) is 5.82 Å². The second kappa shape index (κ2) is 5.12. The Hall–Kier alpha value is -1.70. The zero-order valence-corrected chi connectivity index (χ0v) is 11.3. The van der Waals surface area contributed by atoms with Crippen LogP contribution in [0.5, 0.6) is 0 Å². The Morgan fingerprint density at radius 1 is 1.42 bits per heavy atom. The Bertz CT molecular complexity index is 570. The van der Waals surface area contributed by atoms with Crippen molar-refractivity contribution >= 4 is 21.6 Å². The molecular formula is C11H15N3O4S. The molecule has 1 aliphatic rings. The first kappa shape index (κ1) is 13.7. The lowest BCUT2D eigenvalue weighted by molar-refractivity contribution is 0.0690. The van der Waals surface area contributed by atoms with E-state index in [0.717, 1.165) is 6.42 Å². The van der Waals surface area contributed by atoms with Crippen LogP contribution >= 0.6 is 0 Å². The van der Waals surface area contributed by atoms with Crippen LogP contribution in [-0.4, -0.2) is 54.1 Å². The van der Waals surface area contributed by atoms with Crippen molar-refractivity contribution in [3.63, 3.8) is 0 Å². The smallest absolute Gasteiger partial charge is 0.356 e. The first-order valence-corrected chi connectivity index (χ1v) is 7.70. The summed E-state index contributed by atoms with van der Waals surface area (Å²) in [5.41, 5.74) is -0.131. The number of anilines is 1. The van der Waals surface area contributed by atoms with E-state index in [1.807, 2.05) is 0 Å². The Balaban J connectivity index is 2.15. The number of aromatic carboxylic acids is 1. The second-order valence-electron chi connectivity index (χ2n) is 4.59. The summed E-state index contributed by atoms with van der Waals surface area (Å²) in [6.07, 6.45) is 3.94. The Morgan fingerprint density at radius 3 is 2.68 bits per heavy atom. The zero-order valence-electron chi connectivity index (χ0n) is 10.5. The molecule has 0 saturated carbocycles. The van der Waals surface area contributed by atoms with Gasteiger partial charge in [-0.05, 0) is 12.8 Å². The number of hydrogen-bond donors (Lipinski definition) is 1. The number of hydrogen-bond acceptors (Lipinski definition) is 6. The first-order valence-electron chi connectivity index (χ1n) is 5.87. The van der Waals surface area contributed by atoms with Gasteiger partial charge in [-0.2, -0.15) is 0 Å². The van der Waals surface area contributed by atoms with Crippen LogP contribution < -0.4 is 4.90 Å². The van der Waals surface area contributed by atoms with Gasteiger partial charge >= 0.3 is 5.97 Å². The maximum absolute atomic E-state index is 11.6. The van der Waals surface area contributed by atoms with Crippen LogP contribution in [0.15, 0.2) is 12.4 Å². The lowest BCUT2D eigenvalue weighted by Gasteiger charge is -2.31. The van der Waals surface area contributed by atoms with Crippen LogP contribution in [0.2, 0.25) is 0 Å². The third-order valence-corrected chi connectivity index (χ3v) is 5.01. The van der Waals surface area contributed by atoms with Gasteiger partial charge in [-0.15, -0.1) is 0 Å².